The van der Waals surface area contributed by atoms with E-state index in [2.05, 4.69) is 4.99 Å². The SMILES string of the molecule is CCCCc1cccc(C=Nc2c(F)c(F)c(C(F)(F)F)c(F)c2F)c1O. The molecule has 0 bridgehead atoms. The molecule has 0 saturated heterocycles. The second-order valence-corrected chi connectivity index (χ2v) is 5.69. The highest BCUT2D eigenvalue weighted by Gasteiger charge is 2.42. The van der Waals surface area contributed by atoms with E-state index in [1.807, 2.05) is 6.92 Å². The normalized spacial score (nSPS) is 12.1. The van der Waals surface area contributed by atoms with Gasteiger partial charge < -0.3 is 5.11 Å². The summed E-state index contributed by atoms with van der Waals surface area (Å²) in [4.78, 5) is 3.22. The van der Waals surface area contributed by atoms with Crippen LogP contribution in [-0.4, -0.2) is 11.3 Å². The van der Waals surface area contributed by atoms with Crippen LogP contribution in [0.4, 0.5) is 36.4 Å². The Labute approximate surface area is 150 Å². The molecule has 1 N–H and O–H groups in total. The van der Waals surface area contributed by atoms with Crippen molar-refractivity contribution in [2.45, 2.75) is 32.4 Å². The van der Waals surface area contributed by atoms with Crippen molar-refractivity contribution in [3.8, 4) is 5.75 Å². The zero-order valence-corrected chi connectivity index (χ0v) is 14.0. The molecule has 2 nitrogen and oxygen atoms in total. The van der Waals surface area contributed by atoms with Crippen LogP contribution in [0.15, 0.2) is 23.2 Å². The molecule has 0 radical (unpaired) electrons. The summed E-state index contributed by atoms with van der Waals surface area (Å²) in [6.07, 6.45) is -2.79. The summed E-state index contributed by atoms with van der Waals surface area (Å²) in [5, 5.41) is 10.1. The third-order valence-corrected chi connectivity index (χ3v) is 3.81. The van der Waals surface area contributed by atoms with Gasteiger partial charge in [-0.2, -0.15) is 13.2 Å². The monoisotopic (exact) mass is 393 g/mol. The van der Waals surface area contributed by atoms with E-state index in [0.717, 1.165) is 19.1 Å². The Morgan fingerprint density at radius 3 is 2.11 bits per heavy atom. The number of aliphatic imine (C=N–C) groups is 1. The summed E-state index contributed by atoms with van der Waals surface area (Å²) < 4.78 is 92.5. The zero-order valence-electron chi connectivity index (χ0n) is 14.0. The molecule has 0 atom stereocenters. The van der Waals surface area contributed by atoms with Crippen LogP contribution in [0.5, 0.6) is 5.75 Å². The molecule has 146 valence electrons. The van der Waals surface area contributed by atoms with Gasteiger partial charge in [0.25, 0.3) is 0 Å². The van der Waals surface area contributed by atoms with E-state index in [1.165, 1.54) is 12.1 Å². The molecule has 0 fully saturated rings. The van der Waals surface area contributed by atoms with Crippen LogP contribution < -0.4 is 0 Å². The maximum Gasteiger partial charge on any atom is 0.422 e. The number of hydrogen-bond donors (Lipinski definition) is 1. The summed E-state index contributed by atoms with van der Waals surface area (Å²) in [6, 6.07) is 4.45. The van der Waals surface area contributed by atoms with Crippen molar-refractivity contribution < 1.29 is 35.8 Å². The van der Waals surface area contributed by atoms with Gasteiger partial charge in [0.1, 0.15) is 17.0 Å². The van der Waals surface area contributed by atoms with Crippen LogP contribution in [0.1, 0.15) is 36.5 Å². The number of aromatic hydroxyl groups is 1. The van der Waals surface area contributed by atoms with Crippen molar-refractivity contribution in [1.82, 2.24) is 0 Å². The third-order valence-electron chi connectivity index (χ3n) is 3.81. The van der Waals surface area contributed by atoms with E-state index in [1.54, 1.807) is 6.07 Å². The minimum Gasteiger partial charge on any atom is -0.507 e. The number of phenolic OH excluding ortho intramolecular Hbond substituents is 1. The molecule has 2 aromatic rings. The lowest BCUT2D eigenvalue weighted by Crippen LogP contribution is -2.15. The van der Waals surface area contributed by atoms with Crippen molar-refractivity contribution >= 4 is 11.9 Å². The average molecular weight is 393 g/mol. The number of para-hydroxylation sites is 1. The van der Waals surface area contributed by atoms with Gasteiger partial charge in [0.2, 0.25) is 0 Å². The molecule has 0 aromatic heterocycles. The van der Waals surface area contributed by atoms with Gasteiger partial charge in [-0.3, -0.25) is 0 Å². The first-order valence-corrected chi connectivity index (χ1v) is 7.87. The topological polar surface area (TPSA) is 32.6 Å². The molecular weight excluding hydrogens is 379 g/mol. The Kier molecular flexibility index (Phi) is 6.12. The fourth-order valence-electron chi connectivity index (χ4n) is 2.40. The minimum atomic E-state index is -5.62. The lowest BCUT2D eigenvalue weighted by atomic mass is 10.0. The number of alkyl halides is 3. The molecule has 2 rings (SSSR count). The molecule has 0 amide bonds. The van der Waals surface area contributed by atoms with E-state index in [9.17, 15) is 35.8 Å². The minimum absolute atomic E-state index is 0.0110. The van der Waals surface area contributed by atoms with Crippen LogP contribution in [0, 0.1) is 23.3 Å². The summed E-state index contributed by atoms with van der Waals surface area (Å²) in [7, 11) is 0. The quantitative estimate of drug-likeness (QED) is 0.374. The Bertz CT molecular complexity index is 846. The molecule has 27 heavy (non-hydrogen) atoms. The van der Waals surface area contributed by atoms with Gasteiger partial charge in [-0.1, -0.05) is 25.5 Å². The van der Waals surface area contributed by atoms with E-state index >= 15 is 0 Å². The number of rotatable bonds is 5. The molecule has 0 unspecified atom stereocenters. The molecule has 2 aromatic carbocycles. The lowest BCUT2D eigenvalue weighted by molar-refractivity contribution is -0.143. The summed E-state index contributed by atoms with van der Waals surface area (Å²) in [5.74, 6) is -9.98. The third kappa shape index (κ3) is 4.23. The Hall–Kier alpha value is -2.58. The van der Waals surface area contributed by atoms with Gasteiger partial charge in [0.15, 0.2) is 23.3 Å². The number of benzene rings is 2. The number of aryl methyl sites for hydroxylation is 1. The Morgan fingerprint density at radius 1 is 1.00 bits per heavy atom. The van der Waals surface area contributed by atoms with E-state index in [0.29, 0.717) is 12.0 Å². The molecule has 0 aliphatic heterocycles. The maximum atomic E-state index is 13.8. The highest BCUT2D eigenvalue weighted by molar-refractivity contribution is 5.86. The number of unbranched alkanes of at least 4 members (excludes halogenated alkanes) is 1. The molecule has 9 heteroatoms. The van der Waals surface area contributed by atoms with Gasteiger partial charge in [-0.15, -0.1) is 0 Å². The summed E-state index contributed by atoms with van der Waals surface area (Å²) >= 11 is 0. The van der Waals surface area contributed by atoms with Crippen molar-refractivity contribution in [3.05, 3.63) is 58.2 Å². The maximum absolute atomic E-state index is 13.8. The fraction of sp³-hybridized carbons (Fsp3) is 0.278. The highest BCUT2D eigenvalue weighted by Crippen LogP contribution is 2.39. The molecule has 0 heterocycles. The molecule has 0 saturated carbocycles. The predicted octanol–water partition coefficient (Wildman–Crippen LogP) is 6.06. The molecule has 0 aliphatic carbocycles. The summed E-state index contributed by atoms with van der Waals surface area (Å²) in [5.41, 5.74) is -3.72. The Balaban J connectivity index is 2.50. The van der Waals surface area contributed by atoms with E-state index in [4.69, 9.17) is 0 Å². The number of halogens is 7. The van der Waals surface area contributed by atoms with Gasteiger partial charge in [0.05, 0.1) is 0 Å². The van der Waals surface area contributed by atoms with Crippen molar-refractivity contribution in [2.75, 3.05) is 0 Å². The van der Waals surface area contributed by atoms with Crippen molar-refractivity contribution in [1.29, 1.82) is 0 Å². The van der Waals surface area contributed by atoms with E-state index in [-0.39, 0.29) is 11.3 Å². The van der Waals surface area contributed by atoms with Crippen molar-refractivity contribution in [2.24, 2.45) is 4.99 Å². The van der Waals surface area contributed by atoms with Gasteiger partial charge in [0, 0.05) is 11.8 Å². The van der Waals surface area contributed by atoms with Gasteiger partial charge in [-0.25, -0.2) is 22.6 Å². The number of phenols is 1. The Morgan fingerprint density at radius 2 is 1.59 bits per heavy atom. The molecule has 0 spiro atoms. The zero-order chi connectivity index (χ0) is 20.4. The summed E-state index contributed by atoms with van der Waals surface area (Å²) in [6.45, 7) is 1.93. The highest BCUT2D eigenvalue weighted by atomic mass is 19.4. The van der Waals surface area contributed by atoms with Crippen LogP contribution >= 0.6 is 0 Å². The smallest absolute Gasteiger partial charge is 0.422 e. The second-order valence-electron chi connectivity index (χ2n) is 5.69. The largest absolute Gasteiger partial charge is 0.507 e. The van der Waals surface area contributed by atoms with E-state index < -0.39 is 40.7 Å². The second kappa shape index (κ2) is 7.98. The predicted molar refractivity (Wildman–Crippen MR) is 85.2 cm³/mol. The van der Waals surface area contributed by atoms with Crippen molar-refractivity contribution in [3.63, 3.8) is 0 Å². The number of hydrogen-bond acceptors (Lipinski definition) is 2. The van der Waals surface area contributed by atoms with Crippen LogP contribution in [-0.2, 0) is 12.6 Å². The fourth-order valence-corrected chi connectivity index (χ4v) is 2.40. The van der Waals surface area contributed by atoms with Crippen LogP contribution in [0.2, 0.25) is 0 Å². The molecule has 0 aliphatic rings. The van der Waals surface area contributed by atoms with Crippen LogP contribution in [0.25, 0.3) is 0 Å². The first-order valence-electron chi connectivity index (χ1n) is 7.87. The van der Waals surface area contributed by atoms with Crippen LogP contribution in [0.3, 0.4) is 0 Å². The first kappa shape index (κ1) is 20.7. The van der Waals surface area contributed by atoms with Gasteiger partial charge in [-0.05, 0) is 24.5 Å². The first-order chi connectivity index (χ1) is 12.6. The lowest BCUT2D eigenvalue weighted by Gasteiger charge is -2.12. The molecular formula is C18H14F7NO. The van der Waals surface area contributed by atoms with Gasteiger partial charge >= 0.3 is 6.18 Å². The number of nitrogens with zero attached hydrogens (tertiary/aromatic N) is 1. The standard InChI is InChI=1S/C18H14F7NO/c1-2-3-5-9-6-4-7-10(17(9)27)8-26-16-14(21)12(19)11(18(23,24)25)13(20)15(16)22/h4,6-8,27H,2-3,5H2,1H3. The average Bonchev–Trinajstić information content (AvgIpc) is 2.59.